The standard InChI is InChI=1S/C80H143NO8/c1-6-8-10-12-14-16-18-20-22-24-26-28-30-31-32-33-34-35-36-37-38-39-40-41-42-43-44-45-46-47-49-51-53-55-57-59-61-63-65-67-69-71-78(83)89-76(75-88-80(79(84)85)86-73-72-81(3,4)5)74-87-77(82)70-68-66-64-62-60-58-56-54-52-50-48-29-27-25-23-21-19-17-15-13-11-9-7-2/h8,10,14,16,20,22,25-28,31-32,34-35,76,80H,6-7,9,11-13,15,17-19,21,23-24,29-30,33,36-75H2,1-5H3/b10-8-,16-14-,22-20-,27-25-,28-26-,32-31-,35-34-. The van der Waals surface area contributed by atoms with Gasteiger partial charge in [0.15, 0.2) is 12.4 Å². The van der Waals surface area contributed by atoms with E-state index in [1.54, 1.807) is 0 Å². The van der Waals surface area contributed by atoms with Gasteiger partial charge < -0.3 is 33.3 Å². The van der Waals surface area contributed by atoms with Crippen molar-refractivity contribution >= 4 is 17.9 Å². The van der Waals surface area contributed by atoms with E-state index in [1.807, 2.05) is 21.1 Å². The van der Waals surface area contributed by atoms with Gasteiger partial charge >= 0.3 is 11.9 Å². The molecule has 0 radical (unpaired) electrons. The molecule has 0 rings (SSSR count). The SMILES string of the molecule is CC/C=C\C/C=C\C/C=C\C/C=C\C/C=C\C/C=C\CCCCCCCCCCCCCCCCCCCCCCCCC(=O)OC(COC(=O)CCCCCCCCCCCCC/C=C\CCCCCCCCCC)COC(OCC[N+](C)(C)C)C(=O)[O-]. The summed E-state index contributed by atoms with van der Waals surface area (Å²) in [4.78, 5) is 37.5. The van der Waals surface area contributed by atoms with Gasteiger partial charge in [-0.3, -0.25) is 9.59 Å². The molecule has 89 heavy (non-hydrogen) atoms. The quantitative estimate of drug-likeness (QED) is 0.0195. The molecular weight excluding hydrogens is 1100 g/mol. The van der Waals surface area contributed by atoms with Crippen LogP contribution < -0.4 is 5.11 Å². The normalized spacial score (nSPS) is 13.1. The Kier molecular flexibility index (Phi) is 67.6. The third kappa shape index (κ3) is 71.8. The van der Waals surface area contributed by atoms with E-state index in [4.69, 9.17) is 18.9 Å². The number of carboxylic acids is 1. The number of allylic oxidation sites excluding steroid dienone is 14. The molecule has 0 spiro atoms. The largest absolute Gasteiger partial charge is 0.545 e. The molecule has 0 amide bonds. The molecule has 9 heteroatoms. The first-order valence-corrected chi connectivity index (χ1v) is 37.7. The number of carbonyl (C=O) groups excluding carboxylic acids is 3. The van der Waals surface area contributed by atoms with E-state index < -0.39 is 24.3 Å². The number of ether oxygens (including phenoxy) is 4. The van der Waals surface area contributed by atoms with Crippen molar-refractivity contribution in [1.82, 2.24) is 0 Å². The van der Waals surface area contributed by atoms with Crippen molar-refractivity contribution in [3.63, 3.8) is 0 Å². The number of carboxylic acid groups (broad SMARTS) is 1. The zero-order chi connectivity index (χ0) is 64.7. The first-order chi connectivity index (χ1) is 43.6. The molecule has 0 fully saturated rings. The maximum Gasteiger partial charge on any atom is 0.306 e. The molecular formula is C80H143NO8. The summed E-state index contributed by atoms with van der Waals surface area (Å²) in [6, 6.07) is 0. The number of aliphatic carboxylic acids is 1. The number of nitrogens with zero attached hydrogens (tertiary/aromatic N) is 1. The van der Waals surface area contributed by atoms with Gasteiger partial charge in [0.2, 0.25) is 0 Å². The summed E-state index contributed by atoms with van der Waals surface area (Å²) in [5.74, 6) is -2.26. The number of likely N-dealkylation sites (N-methyl/N-ethyl adjacent to an activating group) is 1. The fourth-order valence-corrected chi connectivity index (χ4v) is 10.9. The monoisotopic (exact) mass is 1250 g/mol. The molecule has 2 atom stereocenters. The second-order valence-electron chi connectivity index (χ2n) is 26.6. The molecule has 0 aromatic rings. The molecule has 0 saturated carbocycles. The Morgan fingerprint density at radius 1 is 0.348 bits per heavy atom. The molecule has 0 aromatic heterocycles. The number of unbranched alkanes of at least 4 members (excludes halogenated alkanes) is 41. The number of rotatable bonds is 70. The Morgan fingerprint density at radius 2 is 0.640 bits per heavy atom. The van der Waals surface area contributed by atoms with Gasteiger partial charge in [0.1, 0.15) is 13.2 Å². The molecule has 0 aliphatic heterocycles. The predicted octanol–water partition coefficient (Wildman–Crippen LogP) is 22.5. The maximum atomic E-state index is 13.0. The number of quaternary nitrogens is 1. The van der Waals surface area contributed by atoms with Crippen LogP contribution in [-0.2, 0) is 33.3 Å². The average molecular weight is 1250 g/mol. The Bertz CT molecular complexity index is 1740. The summed E-state index contributed by atoms with van der Waals surface area (Å²) in [6.07, 6.45) is 92.6. The minimum absolute atomic E-state index is 0.148. The van der Waals surface area contributed by atoms with Crippen LogP contribution in [0.15, 0.2) is 85.1 Å². The first kappa shape index (κ1) is 85.5. The molecule has 9 nitrogen and oxygen atoms in total. The summed E-state index contributed by atoms with van der Waals surface area (Å²) >= 11 is 0. The van der Waals surface area contributed by atoms with Crippen LogP contribution in [-0.4, -0.2) is 82.3 Å². The molecule has 0 saturated heterocycles. The van der Waals surface area contributed by atoms with E-state index in [-0.39, 0.29) is 32.2 Å². The van der Waals surface area contributed by atoms with Crippen LogP contribution in [0.5, 0.6) is 0 Å². The van der Waals surface area contributed by atoms with Crippen LogP contribution in [0.1, 0.15) is 348 Å². The number of hydrogen-bond donors (Lipinski definition) is 0. The highest BCUT2D eigenvalue weighted by atomic mass is 16.7. The van der Waals surface area contributed by atoms with Crippen molar-refractivity contribution in [2.75, 3.05) is 47.5 Å². The summed E-state index contributed by atoms with van der Waals surface area (Å²) in [5, 5.41) is 11.8. The highest BCUT2D eigenvalue weighted by Gasteiger charge is 2.22. The number of esters is 2. The topological polar surface area (TPSA) is 111 Å². The van der Waals surface area contributed by atoms with Gasteiger partial charge in [0.25, 0.3) is 0 Å². The number of carbonyl (C=O) groups is 3. The van der Waals surface area contributed by atoms with Crippen LogP contribution in [0.3, 0.4) is 0 Å². The van der Waals surface area contributed by atoms with Gasteiger partial charge in [-0.15, -0.1) is 0 Å². The van der Waals surface area contributed by atoms with Crippen molar-refractivity contribution in [2.24, 2.45) is 0 Å². The Hall–Kier alpha value is -3.53. The summed E-state index contributed by atoms with van der Waals surface area (Å²) in [6.45, 7) is 4.68. The lowest BCUT2D eigenvalue weighted by molar-refractivity contribution is -0.870. The van der Waals surface area contributed by atoms with Crippen molar-refractivity contribution < 1.29 is 42.9 Å². The van der Waals surface area contributed by atoms with Crippen LogP contribution in [0.25, 0.3) is 0 Å². The van der Waals surface area contributed by atoms with Crippen LogP contribution in [0.2, 0.25) is 0 Å². The molecule has 0 aliphatic rings. The van der Waals surface area contributed by atoms with Crippen LogP contribution in [0.4, 0.5) is 0 Å². The second-order valence-corrected chi connectivity index (χ2v) is 26.6. The summed E-state index contributed by atoms with van der Waals surface area (Å²) < 4.78 is 22.8. The third-order valence-electron chi connectivity index (χ3n) is 16.6. The van der Waals surface area contributed by atoms with Gasteiger partial charge in [-0.2, -0.15) is 0 Å². The molecule has 2 unspecified atom stereocenters. The van der Waals surface area contributed by atoms with Crippen molar-refractivity contribution in [2.45, 2.75) is 360 Å². The fourth-order valence-electron chi connectivity index (χ4n) is 10.9. The zero-order valence-corrected chi connectivity index (χ0v) is 59.0. The van der Waals surface area contributed by atoms with Crippen LogP contribution >= 0.6 is 0 Å². The van der Waals surface area contributed by atoms with Crippen LogP contribution in [0, 0.1) is 0 Å². The maximum absolute atomic E-state index is 13.0. The fraction of sp³-hybridized carbons (Fsp3) is 0.787. The first-order valence-electron chi connectivity index (χ1n) is 37.7. The van der Waals surface area contributed by atoms with E-state index in [2.05, 4.69) is 98.9 Å². The van der Waals surface area contributed by atoms with Gasteiger partial charge in [0.05, 0.1) is 40.3 Å². The minimum Gasteiger partial charge on any atom is -0.545 e. The van der Waals surface area contributed by atoms with Gasteiger partial charge in [-0.1, -0.05) is 330 Å². The lowest BCUT2D eigenvalue weighted by Gasteiger charge is -2.26. The van der Waals surface area contributed by atoms with Gasteiger partial charge in [-0.05, 0) is 89.9 Å². The van der Waals surface area contributed by atoms with E-state index >= 15 is 0 Å². The molecule has 0 bridgehead atoms. The third-order valence-corrected chi connectivity index (χ3v) is 16.6. The van der Waals surface area contributed by atoms with E-state index in [0.29, 0.717) is 23.9 Å². The summed E-state index contributed by atoms with van der Waals surface area (Å²) in [5.41, 5.74) is 0. The van der Waals surface area contributed by atoms with Crippen molar-refractivity contribution in [3.8, 4) is 0 Å². The van der Waals surface area contributed by atoms with E-state index in [1.165, 1.54) is 244 Å². The lowest BCUT2D eigenvalue weighted by Crippen LogP contribution is -2.44. The molecule has 0 aromatic carbocycles. The van der Waals surface area contributed by atoms with E-state index in [0.717, 1.165) is 70.6 Å². The molecule has 0 heterocycles. The highest BCUT2D eigenvalue weighted by molar-refractivity contribution is 5.70. The number of hydrogen-bond acceptors (Lipinski definition) is 8. The highest BCUT2D eigenvalue weighted by Crippen LogP contribution is 2.18. The van der Waals surface area contributed by atoms with Gasteiger partial charge in [-0.25, -0.2) is 0 Å². The Morgan fingerprint density at radius 3 is 0.966 bits per heavy atom. The summed E-state index contributed by atoms with van der Waals surface area (Å²) in [7, 11) is 5.94. The van der Waals surface area contributed by atoms with Crippen molar-refractivity contribution in [3.05, 3.63) is 85.1 Å². The molecule has 516 valence electrons. The minimum atomic E-state index is -1.62. The molecule has 0 N–H and O–H groups in total. The Labute approximate surface area is 550 Å². The second kappa shape index (κ2) is 70.3. The van der Waals surface area contributed by atoms with Gasteiger partial charge in [0, 0.05) is 12.8 Å². The smallest absolute Gasteiger partial charge is 0.306 e. The Balaban J connectivity index is 3.99. The predicted molar refractivity (Wildman–Crippen MR) is 380 cm³/mol. The average Bonchev–Trinajstić information content (AvgIpc) is 3.64. The lowest BCUT2D eigenvalue weighted by atomic mass is 10.0. The van der Waals surface area contributed by atoms with Crippen molar-refractivity contribution in [1.29, 1.82) is 0 Å². The molecule has 0 aliphatic carbocycles. The van der Waals surface area contributed by atoms with E-state index in [9.17, 15) is 19.5 Å². The zero-order valence-electron chi connectivity index (χ0n) is 59.0.